The van der Waals surface area contributed by atoms with Crippen LogP contribution in [0.2, 0.25) is 0 Å². The molecular weight excluding hydrogens is 344 g/mol. The summed E-state index contributed by atoms with van der Waals surface area (Å²) in [6.07, 6.45) is 1.82. The molecule has 1 amide bonds. The highest BCUT2D eigenvalue weighted by Crippen LogP contribution is 2.28. The highest BCUT2D eigenvalue weighted by atomic mass is 16.5. The molecular formula is C21H22N2O4. The number of methoxy groups -OCH3 is 1. The third kappa shape index (κ3) is 3.40. The van der Waals surface area contributed by atoms with Crippen LogP contribution in [0.3, 0.4) is 0 Å². The fourth-order valence-corrected chi connectivity index (χ4v) is 3.45. The number of rotatable bonds is 4. The summed E-state index contributed by atoms with van der Waals surface area (Å²) in [7, 11) is 1.66. The number of aryl methyl sites for hydroxylation is 1. The van der Waals surface area contributed by atoms with E-state index in [1.54, 1.807) is 12.0 Å². The minimum Gasteiger partial charge on any atom is -0.497 e. The summed E-state index contributed by atoms with van der Waals surface area (Å²) in [6, 6.07) is 12.2. The van der Waals surface area contributed by atoms with Crippen LogP contribution < -0.4 is 4.74 Å². The minimum absolute atomic E-state index is 0.0978. The van der Waals surface area contributed by atoms with Crippen molar-refractivity contribution in [3.63, 3.8) is 0 Å². The van der Waals surface area contributed by atoms with Gasteiger partial charge in [0.25, 0.3) is 5.91 Å². The average Bonchev–Trinajstić information content (AvgIpc) is 3.21. The summed E-state index contributed by atoms with van der Waals surface area (Å²) >= 11 is 0. The molecule has 0 bridgehead atoms. The standard InChI is InChI=1S/C21H22N2O4/c1-3-18-20(22-13-27-18)21(24)23-8-9-26-19(12-23)16-5-4-15-11-17(25-2)7-6-14(15)10-16/h4-7,10-11,13,19H,3,8-9,12H2,1-2H3. The van der Waals surface area contributed by atoms with Gasteiger partial charge in [-0.2, -0.15) is 0 Å². The number of carbonyl (C=O) groups is 1. The molecule has 0 aliphatic carbocycles. The van der Waals surface area contributed by atoms with Gasteiger partial charge in [0, 0.05) is 13.0 Å². The lowest BCUT2D eigenvalue weighted by Gasteiger charge is -2.33. The summed E-state index contributed by atoms with van der Waals surface area (Å²) in [5, 5.41) is 2.22. The second kappa shape index (κ2) is 7.40. The number of fused-ring (bicyclic) bond motifs is 1. The van der Waals surface area contributed by atoms with Crippen molar-refractivity contribution in [3.05, 3.63) is 59.8 Å². The van der Waals surface area contributed by atoms with E-state index < -0.39 is 0 Å². The molecule has 4 rings (SSSR count). The number of benzene rings is 2. The summed E-state index contributed by atoms with van der Waals surface area (Å²) in [6.45, 7) is 3.49. The molecule has 6 nitrogen and oxygen atoms in total. The van der Waals surface area contributed by atoms with Gasteiger partial charge < -0.3 is 18.8 Å². The topological polar surface area (TPSA) is 64.8 Å². The number of carbonyl (C=O) groups excluding carboxylic acids is 1. The van der Waals surface area contributed by atoms with Crippen LogP contribution >= 0.6 is 0 Å². The largest absolute Gasteiger partial charge is 0.497 e. The Kier molecular flexibility index (Phi) is 4.81. The fourth-order valence-electron chi connectivity index (χ4n) is 3.45. The molecule has 1 saturated heterocycles. The number of aromatic nitrogens is 1. The number of amides is 1. The Hall–Kier alpha value is -2.86. The molecule has 2 aromatic carbocycles. The van der Waals surface area contributed by atoms with Gasteiger partial charge in [0.15, 0.2) is 12.1 Å². The lowest BCUT2D eigenvalue weighted by molar-refractivity contribution is -0.0230. The number of nitrogens with zero attached hydrogens (tertiary/aromatic N) is 2. The lowest BCUT2D eigenvalue weighted by atomic mass is 10.0. The molecule has 1 fully saturated rings. The molecule has 2 heterocycles. The molecule has 0 spiro atoms. The Morgan fingerprint density at radius 3 is 2.89 bits per heavy atom. The van der Waals surface area contributed by atoms with Crippen molar-refractivity contribution in [2.45, 2.75) is 19.4 Å². The number of hydrogen-bond donors (Lipinski definition) is 0. The van der Waals surface area contributed by atoms with Gasteiger partial charge in [-0.3, -0.25) is 4.79 Å². The van der Waals surface area contributed by atoms with E-state index >= 15 is 0 Å². The van der Waals surface area contributed by atoms with E-state index in [4.69, 9.17) is 13.9 Å². The molecule has 1 aromatic heterocycles. The average molecular weight is 366 g/mol. The van der Waals surface area contributed by atoms with Gasteiger partial charge in [0.1, 0.15) is 17.6 Å². The molecule has 1 aliphatic rings. The zero-order valence-corrected chi connectivity index (χ0v) is 15.5. The molecule has 3 aromatic rings. The summed E-state index contributed by atoms with van der Waals surface area (Å²) in [4.78, 5) is 18.7. The fraction of sp³-hybridized carbons (Fsp3) is 0.333. The molecule has 6 heteroatoms. The molecule has 1 aliphatic heterocycles. The first-order valence-corrected chi connectivity index (χ1v) is 9.10. The zero-order chi connectivity index (χ0) is 18.8. The number of morpholine rings is 1. The van der Waals surface area contributed by atoms with Crippen LogP contribution in [-0.4, -0.2) is 42.6 Å². The Balaban J connectivity index is 1.56. The van der Waals surface area contributed by atoms with Crippen molar-refractivity contribution >= 4 is 16.7 Å². The van der Waals surface area contributed by atoms with Gasteiger partial charge in [-0.1, -0.05) is 25.1 Å². The highest BCUT2D eigenvalue weighted by molar-refractivity contribution is 5.93. The molecule has 27 heavy (non-hydrogen) atoms. The van der Waals surface area contributed by atoms with Crippen molar-refractivity contribution < 1.29 is 18.7 Å². The van der Waals surface area contributed by atoms with Gasteiger partial charge in [0.05, 0.1) is 20.3 Å². The van der Waals surface area contributed by atoms with E-state index in [0.29, 0.717) is 37.6 Å². The smallest absolute Gasteiger partial charge is 0.276 e. The van der Waals surface area contributed by atoms with Crippen LogP contribution in [0, 0.1) is 0 Å². The quantitative estimate of drug-likeness (QED) is 0.706. The monoisotopic (exact) mass is 366 g/mol. The Morgan fingerprint density at radius 1 is 1.26 bits per heavy atom. The molecule has 1 atom stereocenters. The first-order valence-electron chi connectivity index (χ1n) is 9.10. The van der Waals surface area contributed by atoms with Crippen LogP contribution in [0.1, 0.15) is 34.8 Å². The number of hydrogen-bond acceptors (Lipinski definition) is 5. The van der Waals surface area contributed by atoms with Crippen LogP contribution in [0.15, 0.2) is 47.2 Å². The molecule has 0 radical (unpaired) electrons. The third-order valence-electron chi connectivity index (χ3n) is 4.96. The van der Waals surface area contributed by atoms with Gasteiger partial charge in [-0.25, -0.2) is 4.98 Å². The van der Waals surface area contributed by atoms with E-state index in [1.165, 1.54) is 6.39 Å². The first kappa shape index (κ1) is 17.5. The van der Waals surface area contributed by atoms with E-state index in [-0.39, 0.29) is 12.0 Å². The van der Waals surface area contributed by atoms with E-state index in [1.807, 2.05) is 31.2 Å². The van der Waals surface area contributed by atoms with Crippen molar-refractivity contribution in [3.8, 4) is 5.75 Å². The van der Waals surface area contributed by atoms with Gasteiger partial charge >= 0.3 is 0 Å². The SMILES string of the molecule is CCc1ocnc1C(=O)N1CCOC(c2ccc3cc(OC)ccc3c2)C1. The predicted octanol–water partition coefficient (Wildman–Crippen LogP) is 3.61. The summed E-state index contributed by atoms with van der Waals surface area (Å²) < 4.78 is 16.5. The predicted molar refractivity (Wildman–Crippen MR) is 101 cm³/mol. The number of ether oxygens (including phenoxy) is 2. The minimum atomic E-state index is -0.161. The second-order valence-corrected chi connectivity index (χ2v) is 6.56. The van der Waals surface area contributed by atoms with Gasteiger partial charge in [-0.05, 0) is 34.5 Å². The van der Waals surface area contributed by atoms with Crippen LogP contribution in [-0.2, 0) is 11.2 Å². The van der Waals surface area contributed by atoms with Crippen molar-refractivity contribution in [2.75, 3.05) is 26.8 Å². The van der Waals surface area contributed by atoms with Crippen molar-refractivity contribution in [2.24, 2.45) is 0 Å². The molecule has 0 saturated carbocycles. The van der Waals surface area contributed by atoms with Crippen LogP contribution in [0.5, 0.6) is 5.75 Å². The highest BCUT2D eigenvalue weighted by Gasteiger charge is 2.29. The van der Waals surface area contributed by atoms with Gasteiger partial charge in [0.2, 0.25) is 0 Å². The van der Waals surface area contributed by atoms with E-state index in [9.17, 15) is 4.79 Å². The van der Waals surface area contributed by atoms with Crippen molar-refractivity contribution in [1.29, 1.82) is 0 Å². The summed E-state index contributed by atoms with van der Waals surface area (Å²) in [5.41, 5.74) is 1.46. The zero-order valence-electron chi connectivity index (χ0n) is 15.5. The maximum absolute atomic E-state index is 12.8. The van der Waals surface area contributed by atoms with E-state index in [2.05, 4.69) is 17.1 Å². The lowest BCUT2D eigenvalue weighted by Crippen LogP contribution is -2.42. The number of oxazole rings is 1. The van der Waals surface area contributed by atoms with Crippen molar-refractivity contribution in [1.82, 2.24) is 9.88 Å². The Labute approximate surface area is 157 Å². The first-order chi connectivity index (χ1) is 13.2. The van der Waals surface area contributed by atoms with E-state index in [0.717, 1.165) is 22.1 Å². The molecule has 1 unspecified atom stereocenters. The normalized spacial score (nSPS) is 17.3. The van der Waals surface area contributed by atoms with Crippen LogP contribution in [0.25, 0.3) is 10.8 Å². The third-order valence-corrected chi connectivity index (χ3v) is 4.96. The Bertz CT molecular complexity index is 966. The van der Waals surface area contributed by atoms with Gasteiger partial charge in [-0.15, -0.1) is 0 Å². The molecule has 0 N–H and O–H groups in total. The maximum Gasteiger partial charge on any atom is 0.276 e. The maximum atomic E-state index is 12.8. The molecule has 140 valence electrons. The summed E-state index contributed by atoms with van der Waals surface area (Å²) in [5.74, 6) is 1.36. The van der Waals surface area contributed by atoms with Crippen LogP contribution in [0.4, 0.5) is 0 Å². The second-order valence-electron chi connectivity index (χ2n) is 6.56. The Morgan fingerprint density at radius 2 is 2.07 bits per heavy atom.